The summed E-state index contributed by atoms with van der Waals surface area (Å²) in [5, 5.41) is 0. The number of hydrogen-bond donors (Lipinski definition) is 0. The second kappa shape index (κ2) is 2.36. The lowest BCUT2D eigenvalue weighted by atomic mass is 9.59. The Morgan fingerprint density at radius 3 is 2.93 bits per heavy atom. The third-order valence-electron chi connectivity index (χ3n) is 4.71. The van der Waals surface area contributed by atoms with Crippen molar-refractivity contribution in [2.75, 3.05) is 18.1 Å². The van der Waals surface area contributed by atoms with E-state index in [-0.39, 0.29) is 23.6 Å². The summed E-state index contributed by atoms with van der Waals surface area (Å²) in [6, 6.07) is 0. The Balaban J connectivity index is 1.93. The van der Waals surface area contributed by atoms with Gasteiger partial charge < -0.3 is 14.0 Å². The first-order chi connectivity index (χ1) is 7.19. The first-order valence-corrected chi connectivity index (χ1v) is 6.85. The molecule has 0 aromatic carbocycles. The zero-order chi connectivity index (χ0) is 10.3. The molecule has 5 heteroatoms. The fourth-order valence-corrected chi connectivity index (χ4v) is 6.35. The number of rotatable bonds is 0. The Labute approximate surface area is 90.5 Å². The zero-order valence-corrected chi connectivity index (χ0v) is 9.05. The Morgan fingerprint density at radius 1 is 1.33 bits per heavy atom. The van der Waals surface area contributed by atoms with Crippen molar-refractivity contribution in [2.24, 2.45) is 10.8 Å². The van der Waals surface area contributed by atoms with Gasteiger partial charge in [-0.2, -0.15) is 0 Å². The standard InChI is InChI=1S/C10H12O4S/c11-8-10-5-15(12)4-9(10,3-13-8)6-1-2-7(10)14-6/h6-7H,1-5H2. The third kappa shape index (κ3) is 0.707. The third-order valence-corrected chi connectivity index (χ3v) is 6.32. The Bertz CT molecular complexity index is 359. The largest absolute Gasteiger partial charge is 0.616 e. The molecule has 0 aromatic heterocycles. The highest BCUT2D eigenvalue weighted by atomic mass is 32.2. The van der Waals surface area contributed by atoms with Crippen LogP contribution in [0, 0.1) is 10.8 Å². The van der Waals surface area contributed by atoms with Crippen molar-refractivity contribution in [3.63, 3.8) is 0 Å². The summed E-state index contributed by atoms with van der Waals surface area (Å²) >= 11 is -0.862. The van der Waals surface area contributed by atoms with E-state index < -0.39 is 16.6 Å². The molecule has 4 rings (SSSR count). The highest BCUT2D eigenvalue weighted by Gasteiger charge is 2.82. The molecule has 0 aromatic rings. The lowest BCUT2D eigenvalue weighted by Gasteiger charge is -2.32. The molecule has 2 bridgehead atoms. The predicted molar refractivity (Wildman–Crippen MR) is 51.6 cm³/mol. The Hall–Kier alpha value is -0.260. The van der Waals surface area contributed by atoms with E-state index in [2.05, 4.69) is 0 Å². The lowest BCUT2D eigenvalue weighted by Crippen LogP contribution is -2.50. The van der Waals surface area contributed by atoms with E-state index in [0.717, 1.165) is 12.8 Å². The number of cyclic esters (lactones) is 1. The molecule has 0 aliphatic carbocycles. The van der Waals surface area contributed by atoms with E-state index >= 15 is 0 Å². The molecule has 0 spiro atoms. The average molecular weight is 228 g/mol. The van der Waals surface area contributed by atoms with Gasteiger partial charge in [-0.05, 0) is 12.8 Å². The van der Waals surface area contributed by atoms with E-state index in [9.17, 15) is 9.35 Å². The topological polar surface area (TPSA) is 58.6 Å². The van der Waals surface area contributed by atoms with Crippen LogP contribution in [0.25, 0.3) is 0 Å². The van der Waals surface area contributed by atoms with Gasteiger partial charge in [-0.25, -0.2) is 0 Å². The summed E-state index contributed by atoms with van der Waals surface area (Å²) in [5.41, 5.74) is -0.779. The van der Waals surface area contributed by atoms with E-state index in [1.54, 1.807) is 0 Å². The van der Waals surface area contributed by atoms with Crippen molar-refractivity contribution in [3.05, 3.63) is 0 Å². The molecule has 5 atom stereocenters. The second-order valence-electron chi connectivity index (χ2n) is 5.12. The van der Waals surface area contributed by atoms with Gasteiger partial charge in [-0.3, -0.25) is 4.79 Å². The molecular formula is C10H12O4S. The van der Waals surface area contributed by atoms with Gasteiger partial charge >= 0.3 is 5.97 Å². The molecule has 4 heterocycles. The molecule has 15 heavy (non-hydrogen) atoms. The molecule has 0 saturated carbocycles. The van der Waals surface area contributed by atoms with Gasteiger partial charge in [0, 0.05) is 0 Å². The Morgan fingerprint density at radius 2 is 2.13 bits per heavy atom. The molecule has 4 fully saturated rings. The molecule has 4 nitrogen and oxygen atoms in total. The second-order valence-corrected chi connectivity index (χ2v) is 6.58. The van der Waals surface area contributed by atoms with E-state index in [1.165, 1.54) is 0 Å². The molecule has 0 amide bonds. The molecule has 4 aliphatic heterocycles. The lowest BCUT2D eigenvalue weighted by molar-refractivity contribution is -0.149. The van der Waals surface area contributed by atoms with Crippen LogP contribution in [-0.4, -0.2) is 40.8 Å². The number of carbonyl (C=O) groups excluding carboxylic acids is 1. The van der Waals surface area contributed by atoms with Crippen molar-refractivity contribution >= 4 is 17.1 Å². The molecular weight excluding hydrogens is 216 g/mol. The van der Waals surface area contributed by atoms with Crippen LogP contribution in [0.3, 0.4) is 0 Å². The van der Waals surface area contributed by atoms with Crippen LogP contribution in [0.15, 0.2) is 0 Å². The fraction of sp³-hybridized carbons (Fsp3) is 0.900. The maximum Gasteiger partial charge on any atom is 0.320 e. The Kier molecular flexibility index (Phi) is 1.39. The van der Waals surface area contributed by atoms with Crippen molar-refractivity contribution < 1.29 is 18.8 Å². The fourth-order valence-electron chi connectivity index (χ4n) is 4.04. The molecule has 4 saturated heterocycles. The molecule has 0 N–H and O–H groups in total. The predicted octanol–water partition coefficient (Wildman–Crippen LogP) is -0.161. The van der Waals surface area contributed by atoms with Crippen LogP contribution in [0.4, 0.5) is 0 Å². The zero-order valence-electron chi connectivity index (χ0n) is 8.23. The maximum absolute atomic E-state index is 12.0. The van der Waals surface area contributed by atoms with Gasteiger partial charge in [-0.1, -0.05) is 11.2 Å². The van der Waals surface area contributed by atoms with Crippen LogP contribution in [0.5, 0.6) is 0 Å². The van der Waals surface area contributed by atoms with Gasteiger partial charge in [0.1, 0.15) is 18.1 Å². The summed E-state index contributed by atoms with van der Waals surface area (Å²) in [6.45, 7) is 0.429. The monoisotopic (exact) mass is 228 g/mol. The van der Waals surface area contributed by atoms with Gasteiger partial charge in [0.05, 0.1) is 17.6 Å². The highest BCUT2D eigenvalue weighted by molar-refractivity contribution is 7.91. The summed E-state index contributed by atoms with van der Waals surface area (Å²) < 4.78 is 22.9. The number of hydrogen-bond acceptors (Lipinski definition) is 4. The summed E-state index contributed by atoms with van der Waals surface area (Å²) in [6.07, 6.45) is 2.02. The summed E-state index contributed by atoms with van der Waals surface area (Å²) in [5.74, 6) is 0.910. The number of ether oxygens (including phenoxy) is 2. The number of fused-ring (bicyclic) bond motifs is 2. The average Bonchev–Trinajstić information content (AvgIpc) is 2.84. The molecule has 4 aliphatic rings. The van der Waals surface area contributed by atoms with Gasteiger partial charge in [0.15, 0.2) is 5.41 Å². The SMILES string of the molecule is O=C1OCC23C[S+]([O-])CC12C1CCC3O1. The minimum absolute atomic E-state index is 0.0241. The minimum Gasteiger partial charge on any atom is -0.616 e. The molecule has 82 valence electrons. The van der Waals surface area contributed by atoms with Crippen LogP contribution in [-0.2, 0) is 25.4 Å². The highest BCUT2D eigenvalue weighted by Crippen LogP contribution is 2.67. The first-order valence-electron chi connectivity index (χ1n) is 5.37. The smallest absolute Gasteiger partial charge is 0.320 e. The van der Waals surface area contributed by atoms with Crippen molar-refractivity contribution in [2.45, 2.75) is 25.0 Å². The molecule has 5 unspecified atom stereocenters. The van der Waals surface area contributed by atoms with Gasteiger partial charge in [0.25, 0.3) is 0 Å². The van der Waals surface area contributed by atoms with Crippen LogP contribution < -0.4 is 0 Å². The van der Waals surface area contributed by atoms with E-state index in [1.807, 2.05) is 0 Å². The van der Waals surface area contributed by atoms with E-state index in [4.69, 9.17) is 9.47 Å². The van der Waals surface area contributed by atoms with E-state index in [0.29, 0.717) is 18.1 Å². The molecule has 0 radical (unpaired) electrons. The van der Waals surface area contributed by atoms with Gasteiger partial charge in [0.2, 0.25) is 0 Å². The van der Waals surface area contributed by atoms with Crippen LogP contribution in [0.1, 0.15) is 12.8 Å². The van der Waals surface area contributed by atoms with Gasteiger partial charge in [-0.15, -0.1) is 0 Å². The number of carbonyl (C=O) groups is 1. The quantitative estimate of drug-likeness (QED) is 0.427. The summed E-state index contributed by atoms with van der Waals surface area (Å²) in [4.78, 5) is 12.0. The van der Waals surface area contributed by atoms with Crippen molar-refractivity contribution in [1.29, 1.82) is 0 Å². The minimum atomic E-state index is -0.862. The van der Waals surface area contributed by atoms with Crippen LogP contribution >= 0.6 is 0 Å². The van der Waals surface area contributed by atoms with Crippen LogP contribution in [0.2, 0.25) is 0 Å². The maximum atomic E-state index is 12.0. The van der Waals surface area contributed by atoms with Crippen molar-refractivity contribution in [1.82, 2.24) is 0 Å². The first kappa shape index (κ1) is 8.84. The van der Waals surface area contributed by atoms with Crippen molar-refractivity contribution in [3.8, 4) is 0 Å². The summed E-state index contributed by atoms with van der Waals surface area (Å²) in [7, 11) is 0. The normalized spacial score (nSPS) is 60.6. The number of esters is 1.